The van der Waals surface area contributed by atoms with Gasteiger partial charge in [0, 0.05) is 13.1 Å². The summed E-state index contributed by atoms with van der Waals surface area (Å²) in [4.78, 5) is 2.10. The van der Waals surface area contributed by atoms with Crippen LogP contribution in [0.5, 0.6) is 0 Å². The maximum atomic E-state index is 11.3. The topological polar surface area (TPSA) is 89.4 Å². The SMILES string of the molecule is CC(C)CC(C)N(C)c1ccc(S(N)(=O)=O)cc1N. The smallest absolute Gasteiger partial charge is 0.238 e. The monoisotopic (exact) mass is 285 g/mol. The van der Waals surface area contributed by atoms with E-state index in [2.05, 4.69) is 25.7 Å². The van der Waals surface area contributed by atoms with Crippen LogP contribution in [0.2, 0.25) is 0 Å². The van der Waals surface area contributed by atoms with E-state index in [1.807, 2.05) is 7.05 Å². The quantitative estimate of drug-likeness (QED) is 0.807. The highest BCUT2D eigenvalue weighted by atomic mass is 32.2. The van der Waals surface area contributed by atoms with Crippen molar-refractivity contribution in [3.05, 3.63) is 18.2 Å². The van der Waals surface area contributed by atoms with E-state index in [1.54, 1.807) is 6.07 Å². The first-order valence-electron chi connectivity index (χ1n) is 6.28. The minimum Gasteiger partial charge on any atom is -0.397 e. The molecule has 5 nitrogen and oxygen atoms in total. The molecule has 19 heavy (non-hydrogen) atoms. The van der Waals surface area contributed by atoms with Crippen molar-refractivity contribution in [1.29, 1.82) is 0 Å². The molecule has 0 radical (unpaired) electrons. The van der Waals surface area contributed by atoms with E-state index in [1.165, 1.54) is 12.1 Å². The molecule has 0 bridgehead atoms. The van der Waals surface area contributed by atoms with Gasteiger partial charge in [0.05, 0.1) is 16.3 Å². The number of hydrogen-bond donors (Lipinski definition) is 2. The lowest BCUT2D eigenvalue weighted by atomic mass is 10.0. The van der Waals surface area contributed by atoms with E-state index >= 15 is 0 Å². The summed E-state index contributed by atoms with van der Waals surface area (Å²) in [6, 6.07) is 4.91. The van der Waals surface area contributed by atoms with Gasteiger partial charge in [-0.15, -0.1) is 0 Å². The first-order chi connectivity index (χ1) is 8.62. The average Bonchev–Trinajstić information content (AvgIpc) is 2.25. The first-order valence-corrected chi connectivity index (χ1v) is 7.82. The van der Waals surface area contributed by atoms with Crippen LogP contribution < -0.4 is 15.8 Å². The van der Waals surface area contributed by atoms with Gasteiger partial charge in [-0.05, 0) is 37.5 Å². The molecule has 0 amide bonds. The molecule has 1 unspecified atom stereocenters. The Morgan fingerprint density at radius 3 is 2.26 bits per heavy atom. The van der Waals surface area contributed by atoms with E-state index in [0.717, 1.165) is 12.1 Å². The number of hydrogen-bond acceptors (Lipinski definition) is 4. The highest BCUT2D eigenvalue weighted by Gasteiger charge is 2.16. The second-order valence-electron chi connectivity index (χ2n) is 5.36. The van der Waals surface area contributed by atoms with Crippen LogP contribution in [0.1, 0.15) is 27.2 Å². The number of nitrogens with two attached hydrogens (primary N) is 2. The Morgan fingerprint density at radius 1 is 1.26 bits per heavy atom. The van der Waals surface area contributed by atoms with Crippen LogP contribution in [-0.4, -0.2) is 21.5 Å². The van der Waals surface area contributed by atoms with Gasteiger partial charge in [0.25, 0.3) is 0 Å². The summed E-state index contributed by atoms with van der Waals surface area (Å²) in [6.07, 6.45) is 1.03. The van der Waals surface area contributed by atoms with E-state index < -0.39 is 10.0 Å². The Kier molecular flexibility index (Phi) is 4.81. The number of nitrogens with zero attached hydrogens (tertiary/aromatic N) is 1. The molecule has 0 saturated carbocycles. The van der Waals surface area contributed by atoms with Gasteiger partial charge in [0.2, 0.25) is 10.0 Å². The fourth-order valence-corrected chi connectivity index (χ4v) is 2.66. The molecule has 0 aliphatic rings. The minimum atomic E-state index is -3.71. The summed E-state index contributed by atoms with van der Waals surface area (Å²) in [5.41, 5.74) is 7.17. The third kappa shape index (κ3) is 4.11. The van der Waals surface area contributed by atoms with Crippen molar-refractivity contribution < 1.29 is 8.42 Å². The first kappa shape index (κ1) is 15.8. The van der Waals surface area contributed by atoms with Crippen molar-refractivity contribution in [1.82, 2.24) is 0 Å². The zero-order valence-electron chi connectivity index (χ0n) is 11.9. The molecular formula is C13H23N3O2S. The lowest BCUT2D eigenvalue weighted by Crippen LogP contribution is -2.30. The van der Waals surface area contributed by atoms with Gasteiger partial charge in [-0.2, -0.15) is 0 Å². The van der Waals surface area contributed by atoms with Crippen LogP contribution in [-0.2, 0) is 10.0 Å². The van der Waals surface area contributed by atoms with E-state index in [-0.39, 0.29) is 4.90 Å². The Morgan fingerprint density at radius 2 is 1.84 bits per heavy atom. The molecule has 0 heterocycles. The third-order valence-corrected chi connectivity index (χ3v) is 4.09. The van der Waals surface area contributed by atoms with Gasteiger partial charge in [-0.3, -0.25) is 0 Å². The Hall–Kier alpha value is -1.27. The molecule has 1 aromatic carbocycles. The van der Waals surface area contributed by atoms with Gasteiger partial charge in [-0.25, -0.2) is 13.6 Å². The second-order valence-corrected chi connectivity index (χ2v) is 6.92. The van der Waals surface area contributed by atoms with Crippen LogP contribution in [0.15, 0.2) is 23.1 Å². The molecule has 108 valence electrons. The van der Waals surface area contributed by atoms with E-state index in [9.17, 15) is 8.42 Å². The molecule has 0 aromatic heterocycles. The molecule has 1 rings (SSSR count). The van der Waals surface area contributed by atoms with Gasteiger partial charge < -0.3 is 10.6 Å². The van der Waals surface area contributed by atoms with Gasteiger partial charge in [-0.1, -0.05) is 13.8 Å². The van der Waals surface area contributed by atoms with Crippen LogP contribution in [0.4, 0.5) is 11.4 Å². The maximum Gasteiger partial charge on any atom is 0.238 e. The number of nitrogen functional groups attached to an aromatic ring is 1. The van der Waals surface area contributed by atoms with Crippen LogP contribution >= 0.6 is 0 Å². The van der Waals surface area contributed by atoms with E-state index in [0.29, 0.717) is 17.6 Å². The number of rotatable bonds is 5. The largest absolute Gasteiger partial charge is 0.397 e. The van der Waals surface area contributed by atoms with Crippen molar-refractivity contribution in [2.24, 2.45) is 11.1 Å². The Balaban J connectivity index is 3.03. The van der Waals surface area contributed by atoms with Gasteiger partial charge in [0.1, 0.15) is 0 Å². The molecule has 4 N–H and O–H groups in total. The standard InChI is InChI=1S/C13H23N3O2S/c1-9(2)7-10(3)16(4)13-6-5-11(8-12(13)14)19(15,17)18/h5-6,8-10H,7,14H2,1-4H3,(H2,15,17,18). The highest BCUT2D eigenvalue weighted by Crippen LogP contribution is 2.27. The molecular weight excluding hydrogens is 262 g/mol. The van der Waals surface area contributed by atoms with Gasteiger partial charge in [0.15, 0.2) is 0 Å². The molecule has 0 aliphatic carbocycles. The summed E-state index contributed by atoms with van der Waals surface area (Å²) >= 11 is 0. The average molecular weight is 285 g/mol. The van der Waals surface area contributed by atoms with Crippen molar-refractivity contribution in [2.75, 3.05) is 17.7 Å². The van der Waals surface area contributed by atoms with Crippen LogP contribution in [0, 0.1) is 5.92 Å². The van der Waals surface area contributed by atoms with Crippen molar-refractivity contribution >= 4 is 21.4 Å². The van der Waals surface area contributed by atoms with Gasteiger partial charge >= 0.3 is 0 Å². The number of benzene rings is 1. The van der Waals surface area contributed by atoms with Crippen molar-refractivity contribution in [2.45, 2.75) is 38.1 Å². The van der Waals surface area contributed by atoms with Crippen molar-refractivity contribution in [3.63, 3.8) is 0 Å². The number of primary sulfonamides is 1. The predicted octanol–water partition coefficient (Wildman–Crippen LogP) is 1.79. The summed E-state index contributed by atoms with van der Waals surface area (Å²) in [5, 5.41) is 5.08. The minimum absolute atomic E-state index is 0.0404. The molecule has 0 aliphatic heterocycles. The fourth-order valence-electron chi connectivity index (χ4n) is 2.11. The molecule has 0 fully saturated rings. The molecule has 0 spiro atoms. The maximum absolute atomic E-state index is 11.3. The molecule has 1 aromatic rings. The lowest BCUT2D eigenvalue weighted by Gasteiger charge is -2.29. The Labute approximate surface area is 115 Å². The Bertz CT molecular complexity index is 541. The predicted molar refractivity (Wildman–Crippen MR) is 79.5 cm³/mol. The summed E-state index contributed by atoms with van der Waals surface area (Å²) in [6.45, 7) is 6.45. The summed E-state index contributed by atoms with van der Waals surface area (Å²) in [7, 11) is -1.75. The zero-order valence-corrected chi connectivity index (χ0v) is 12.7. The zero-order chi connectivity index (χ0) is 14.8. The van der Waals surface area contributed by atoms with E-state index in [4.69, 9.17) is 10.9 Å². The molecule has 6 heteroatoms. The van der Waals surface area contributed by atoms with Crippen LogP contribution in [0.25, 0.3) is 0 Å². The highest BCUT2D eigenvalue weighted by molar-refractivity contribution is 7.89. The van der Waals surface area contributed by atoms with Crippen molar-refractivity contribution in [3.8, 4) is 0 Å². The summed E-state index contributed by atoms with van der Waals surface area (Å²) < 4.78 is 22.5. The van der Waals surface area contributed by atoms with Crippen LogP contribution in [0.3, 0.4) is 0 Å². The molecule has 0 saturated heterocycles. The third-order valence-electron chi connectivity index (χ3n) is 3.18. The normalized spacial score (nSPS) is 13.6. The number of anilines is 2. The fraction of sp³-hybridized carbons (Fsp3) is 0.538. The summed E-state index contributed by atoms with van der Waals surface area (Å²) in [5.74, 6) is 0.586. The number of sulfonamides is 1. The second kappa shape index (κ2) is 5.79. The molecule has 1 atom stereocenters. The lowest BCUT2D eigenvalue weighted by molar-refractivity contribution is 0.504.